The molecule has 1 aliphatic heterocycles. The molecule has 0 radical (unpaired) electrons. The Morgan fingerprint density at radius 1 is 0.907 bits per heavy atom. The minimum absolute atomic E-state index is 0.0352. The van der Waals surface area contributed by atoms with Crippen LogP contribution in [0.3, 0.4) is 0 Å². The van der Waals surface area contributed by atoms with E-state index in [-0.39, 0.29) is 23.5 Å². The van der Waals surface area contributed by atoms with Crippen molar-refractivity contribution >= 4 is 46.6 Å². The summed E-state index contributed by atoms with van der Waals surface area (Å²) in [5, 5.41) is 11.3. The van der Waals surface area contributed by atoms with Crippen molar-refractivity contribution in [2.75, 3.05) is 23.7 Å². The number of aryl methyl sites for hydroxylation is 1. The third-order valence-electron chi connectivity index (χ3n) is 7.32. The Bertz CT molecular complexity index is 1580. The Balaban J connectivity index is 1.17. The van der Waals surface area contributed by atoms with Crippen LogP contribution in [0.5, 0.6) is 5.75 Å². The smallest absolute Gasteiger partial charge is 0.324 e. The number of piperidine rings is 1. The van der Waals surface area contributed by atoms with Gasteiger partial charge in [0.1, 0.15) is 17.7 Å². The maximum atomic E-state index is 13.0. The Hall–Kier alpha value is -4.01. The third-order valence-corrected chi connectivity index (χ3v) is 7.95. The highest BCUT2D eigenvalue weighted by molar-refractivity contribution is 6.39. The molecule has 0 atom stereocenters. The average molecular weight is 621 g/mol. The van der Waals surface area contributed by atoms with Gasteiger partial charge in [0.2, 0.25) is 0 Å². The fourth-order valence-corrected chi connectivity index (χ4v) is 5.40. The molecule has 0 unspecified atom stereocenters. The molecule has 1 saturated heterocycles. The summed E-state index contributed by atoms with van der Waals surface area (Å²) in [5.74, 6) is 1.10. The first kappa shape index (κ1) is 30.4. The number of carbonyl (C=O) groups is 2. The van der Waals surface area contributed by atoms with Crippen molar-refractivity contribution in [2.45, 2.75) is 52.1 Å². The third kappa shape index (κ3) is 7.32. The lowest BCUT2D eigenvalue weighted by molar-refractivity contribution is 0.0596. The molecule has 2 N–H and O–H groups in total. The van der Waals surface area contributed by atoms with Crippen molar-refractivity contribution in [1.29, 1.82) is 0 Å². The summed E-state index contributed by atoms with van der Waals surface area (Å²) in [6, 6.07) is 21.8. The van der Waals surface area contributed by atoms with Gasteiger partial charge in [-0.05, 0) is 55.5 Å². The first-order chi connectivity index (χ1) is 20.5. The highest BCUT2D eigenvalue weighted by Crippen LogP contribution is 2.29. The van der Waals surface area contributed by atoms with E-state index >= 15 is 0 Å². The van der Waals surface area contributed by atoms with E-state index in [1.807, 2.05) is 49.4 Å². The van der Waals surface area contributed by atoms with E-state index in [9.17, 15) is 9.59 Å². The van der Waals surface area contributed by atoms with Gasteiger partial charge in [-0.25, -0.2) is 9.48 Å². The average Bonchev–Trinajstić information content (AvgIpc) is 3.39. The molecule has 8 nitrogen and oxygen atoms in total. The summed E-state index contributed by atoms with van der Waals surface area (Å²) in [6.45, 7) is 9.37. The van der Waals surface area contributed by atoms with Gasteiger partial charge >= 0.3 is 6.03 Å². The molecule has 3 amide bonds. The van der Waals surface area contributed by atoms with Crippen molar-refractivity contribution in [3.05, 3.63) is 99.7 Å². The number of benzene rings is 3. The highest BCUT2D eigenvalue weighted by Gasteiger charge is 2.27. The Kier molecular flexibility index (Phi) is 8.99. The number of likely N-dealkylation sites (tertiary alicyclic amines) is 1. The lowest BCUT2D eigenvalue weighted by atomic mass is 9.92. The maximum absolute atomic E-state index is 13.0. The van der Waals surface area contributed by atoms with Gasteiger partial charge < -0.3 is 15.0 Å². The Morgan fingerprint density at radius 2 is 1.53 bits per heavy atom. The molecular weight excluding hydrogens is 585 g/mol. The SMILES string of the molecule is Cc1ccc(-n2nc(C(C)(C)C)cc2NC(=O)Nc2ccc(OC3CCN(C(=O)c4c(Cl)cccc4Cl)CC3)cc2)cc1. The summed E-state index contributed by atoms with van der Waals surface area (Å²) in [4.78, 5) is 27.7. The van der Waals surface area contributed by atoms with Crippen molar-refractivity contribution < 1.29 is 14.3 Å². The number of nitrogens with one attached hydrogen (secondary N) is 2. The van der Waals surface area contributed by atoms with Crippen molar-refractivity contribution in [2.24, 2.45) is 0 Å². The topological polar surface area (TPSA) is 88.5 Å². The van der Waals surface area contributed by atoms with Gasteiger partial charge in [-0.1, -0.05) is 67.7 Å². The second-order valence-corrected chi connectivity index (χ2v) is 12.5. The van der Waals surface area contributed by atoms with Crippen LogP contribution in [-0.4, -0.2) is 45.8 Å². The van der Waals surface area contributed by atoms with E-state index in [0.29, 0.717) is 58.8 Å². The molecule has 224 valence electrons. The van der Waals surface area contributed by atoms with Crippen LogP contribution >= 0.6 is 23.2 Å². The number of nitrogens with zero attached hydrogens (tertiary/aromatic N) is 3. The van der Waals surface area contributed by atoms with Crippen molar-refractivity contribution in [3.63, 3.8) is 0 Å². The van der Waals surface area contributed by atoms with E-state index in [1.165, 1.54) is 0 Å². The molecular formula is C33H35Cl2N5O3. The van der Waals surface area contributed by atoms with E-state index < -0.39 is 0 Å². The molecule has 0 spiro atoms. The summed E-state index contributed by atoms with van der Waals surface area (Å²) in [5.41, 5.74) is 3.65. The number of hydrogen-bond donors (Lipinski definition) is 2. The number of carbonyl (C=O) groups excluding carboxylic acids is 2. The molecule has 0 saturated carbocycles. The highest BCUT2D eigenvalue weighted by atomic mass is 35.5. The second-order valence-electron chi connectivity index (χ2n) is 11.7. The number of urea groups is 1. The lowest BCUT2D eigenvalue weighted by Gasteiger charge is -2.32. The summed E-state index contributed by atoms with van der Waals surface area (Å²) < 4.78 is 7.92. The number of amides is 3. The van der Waals surface area contributed by atoms with Gasteiger partial charge in [0, 0.05) is 43.1 Å². The lowest BCUT2D eigenvalue weighted by Crippen LogP contribution is -2.42. The van der Waals surface area contributed by atoms with Crippen LogP contribution in [0.1, 0.15) is 55.2 Å². The minimum Gasteiger partial charge on any atom is -0.490 e. The molecule has 10 heteroatoms. The number of hydrogen-bond acceptors (Lipinski definition) is 4. The van der Waals surface area contributed by atoms with Crippen LogP contribution in [0, 0.1) is 6.92 Å². The quantitative estimate of drug-likeness (QED) is 0.228. The van der Waals surface area contributed by atoms with Gasteiger partial charge in [0.05, 0.1) is 27.0 Å². The van der Waals surface area contributed by atoms with Crippen molar-refractivity contribution in [1.82, 2.24) is 14.7 Å². The molecule has 0 aliphatic carbocycles. The number of anilines is 2. The molecule has 43 heavy (non-hydrogen) atoms. The molecule has 0 bridgehead atoms. The first-order valence-corrected chi connectivity index (χ1v) is 15.0. The van der Waals surface area contributed by atoms with Crippen LogP contribution in [0.15, 0.2) is 72.8 Å². The maximum Gasteiger partial charge on any atom is 0.324 e. The van der Waals surface area contributed by atoms with Crippen LogP contribution in [0.4, 0.5) is 16.3 Å². The predicted molar refractivity (Wildman–Crippen MR) is 172 cm³/mol. The molecule has 1 aromatic heterocycles. The van der Waals surface area contributed by atoms with Crippen LogP contribution in [0.25, 0.3) is 5.69 Å². The van der Waals surface area contributed by atoms with Gasteiger partial charge in [-0.15, -0.1) is 0 Å². The summed E-state index contributed by atoms with van der Waals surface area (Å²) in [7, 11) is 0. The molecule has 1 aliphatic rings. The first-order valence-electron chi connectivity index (χ1n) is 14.2. The Morgan fingerprint density at radius 3 is 2.14 bits per heavy atom. The minimum atomic E-state index is -0.377. The Labute approximate surface area is 261 Å². The van der Waals surface area contributed by atoms with Gasteiger partial charge in [0.15, 0.2) is 0 Å². The number of ether oxygens (including phenoxy) is 1. The zero-order valence-corrected chi connectivity index (χ0v) is 26.2. The van der Waals surface area contributed by atoms with E-state index in [4.69, 9.17) is 33.0 Å². The monoisotopic (exact) mass is 619 g/mol. The zero-order chi connectivity index (χ0) is 30.7. The van der Waals surface area contributed by atoms with E-state index in [2.05, 4.69) is 31.4 Å². The standard InChI is InChI=1S/C33H35Cl2N5O3/c1-21-8-12-23(13-9-21)40-29(20-28(38-40)33(2,3)4)37-32(42)36-22-10-14-24(15-11-22)43-25-16-18-39(19-17-25)31(41)30-26(34)6-5-7-27(30)35/h5-15,20,25H,16-19H2,1-4H3,(H2,36,37,42). The van der Waals surface area contributed by atoms with Gasteiger partial charge in [-0.2, -0.15) is 5.10 Å². The number of rotatable bonds is 6. The molecule has 4 aromatic rings. The molecule has 3 aromatic carbocycles. The largest absolute Gasteiger partial charge is 0.490 e. The molecule has 2 heterocycles. The normalized spacial score (nSPS) is 14.0. The van der Waals surface area contributed by atoms with Crippen LogP contribution < -0.4 is 15.4 Å². The molecule has 5 rings (SSSR count). The van der Waals surface area contributed by atoms with E-state index in [1.54, 1.807) is 39.9 Å². The summed E-state index contributed by atoms with van der Waals surface area (Å²) in [6.07, 6.45) is 1.33. The fraction of sp³-hybridized carbons (Fsp3) is 0.303. The predicted octanol–water partition coefficient (Wildman–Crippen LogP) is 8.11. The van der Waals surface area contributed by atoms with Crippen LogP contribution in [-0.2, 0) is 5.41 Å². The zero-order valence-electron chi connectivity index (χ0n) is 24.7. The molecule has 1 fully saturated rings. The van der Waals surface area contributed by atoms with E-state index in [0.717, 1.165) is 16.9 Å². The fourth-order valence-electron chi connectivity index (χ4n) is 4.84. The number of aromatic nitrogens is 2. The van der Waals surface area contributed by atoms with Gasteiger partial charge in [-0.3, -0.25) is 10.1 Å². The van der Waals surface area contributed by atoms with Gasteiger partial charge in [0.25, 0.3) is 5.91 Å². The van der Waals surface area contributed by atoms with Crippen molar-refractivity contribution in [3.8, 4) is 11.4 Å². The van der Waals surface area contributed by atoms with Crippen LogP contribution in [0.2, 0.25) is 10.0 Å². The second kappa shape index (κ2) is 12.7. The summed E-state index contributed by atoms with van der Waals surface area (Å²) >= 11 is 12.5. The number of halogens is 2.